The Balaban J connectivity index is 1.29. The maximum atomic E-state index is 12.4. The molecule has 2 aliphatic carbocycles. The number of amides is 1. The summed E-state index contributed by atoms with van der Waals surface area (Å²) in [5, 5.41) is 7.71. The number of H-pyrrole nitrogens is 1. The lowest BCUT2D eigenvalue weighted by atomic mass is 9.86. The van der Waals surface area contributed by atoms with Crippen LogP contribution in [0.15, 0.2) is 41.6 Å². The van der Waals surface area contributed by atoms with Gasteiger partial charge in [-0.05, 0) is 61.3 Å². The van der Waals surface area contributed by atoms with Gasteiger partial charge in [-0.25, -0.2) is 9.67 Å². The Morgan fingerprint density at radius 1 is 1.22 bits per heavy atom. The third-order valence-corrected chi connectivity index (χ3v) is 6.10. The number of anilines is 1. The molecule has 2 heterocycles. The summed E-state index contributed by atoms with van der Waals surface area (Å²) in [5.74, 6) is 2.27. The highest BCUT2D eigenvalue weighted by Gasteiger charge is 2.40. The quantitative estimate of drug-likeness (QED) is 0.745. The van der Waals surface area contributed by atoms with Gasteiger partial charge in [0, 0.05) is 12.1 Å². The standard InChI is InChI=1S/C20H21N5O2/c26-18(9-14-8-12-1-2-13(14)7-12)24-15-3-5-16(6-4-15)25-19-17(10-23-25)20(27)22-11-21-19/h3-6,10-14H,1-2,7-9H2,(H,24,26)(H,21,22,27)/t12-,13-,14+/m0/s1. The molecule has 2 fully saturated rings. The highest BCUT2D eigenvalue weighted by Crippen LogP contribution is 2.49. The van der Waals surface area contributed by atoms with E-state index in [4.69, 9.17) is 0 Å². The van der Waals surface area contributed by atoms with Gasteiger partial charge in [0.15, 0.2) is 5.65 Å². The SMILES string of the molecule is O=C(C[C@H]1C[C@H]2CC[C@H]1C2)Nc1ccc(-n2ncc3c(=O)[nH]cnc32)cc1. The van der Waals surface area contributed by atoms with Crippen molar-refractivity contribution >= 4 is 22.6 Å². The molecule has 2 aliphatic rings. The Morgan fingerprint density at radius 2 is 2.07 bits per heavy atom. The number of carbonyl (C=O) groups excluding carboxylic acids is 1. The average molecular weight is 363 g/mol. The van der Waals surface area contributed by atoms with Gasteiger partial charge in [0.05, 0.1) is 18.2 Å². The predicted octanol–water partition coefficient (Wildman–Crippen LogP) is 2.87. The summed E-state index contributed by atoms with van der Waals surface area (Å²) < 4.78 is 1.62. The number of hydrogen-bond acceptors (Lipinski definition) is 4. The summed E-state index contributed by atoms with van der Waals surface area (Å²) in [4.78, 5) is 30.9. The zero-order valence-electron chi connectivity index (χ0n) is 14.9. The Hall–Kier alpha value is -2.96. The van der Waals surface area contributed by atoms with Crippen molar-refractivity contribution < 1.29 is 4.79 Å². The van der Waals surface area contributed by atoms with Gasteiger partial charge in [-0.15, -0.1) is 0 Å². The van der Waals surface area contributed by atoms with Crippen molar-refractivity contribution in [3.63, 3.8) is 0 Å². The van der Waals surface area contributed by atoms with E-state index in [1.165, 1.54) is 38.2 Å². The first-order valence-electron chi connectivity index (χ1n) is 9.49. The first kappa shape index (κ1) is 16.2. The lowest BCUT2D eigenvalue weighted by Crippen LogP contribution is -2.20. The molecule has 3 atom stereocenters. The fourth-order valence-electron chi connectivity index (χ4n) is 4.81. The van der Waals surface area contributed by atoms with E-state index in [1.54, 1.807) is 4.68 Å². The van der Waals surface area contributed by atoms with Gasteiger partial charge in [0.1, 0.15) is 5.39 Å². The second-order valence-electron chi connectivity index (χ2n) is 7.76. The molecule has 7 nitrogen and oxygen atoms in total. The van der Waals surface area contributed by atoms with Crippen molar-refractivity contribution in [3.05, 3.63) is 47.1 Å². The monoisotopic (exact) mass is 363 g/mol. The molecule has 2 saturated carbocycles. The Bertz CT molecular complexity index is 1050. The number of carbonyl (C=O) groups is 1. The van der Waals surface area contributed by atoms with Gasteiger partial charge in [0.2, 0.25) is 5.91 Å². The smallest absolute Gasteiger partial charge is 0.261 e. The number of hydrogen-bond donors (Lipinski definition) is 2. The number of aromatic amines is 1. The van der Waals surface area contributed by atoms with Crippen molar-refractivity contribution in [3.8, 4) is 5.69 Å². The summed E-state index contributed by atoms with van der Waals surface area (Å²) in [6.45, 7) is 0. The largest absolute Gasteiger partial charge is 0.326 e. The van der Waals surface area contributed by atoms with Crippen LogP contribution in [0.2, 0.25) is 0 Å². The molecule has 1 aromatic carbocycles. The molecule has 2 aromatic heterocycles. The van der Waals surface area contributed by atoms with Crippen LogP contribution in [0, 0.1) is 17.8 Å². The van der Waals surface area contributed by atoms with Crippen molar-refractivity contribution in [2.45, 2.75) is 32.1 Å². The van der Waals surface area contributed by atoms with E-state index < -0.39 is 0 Å². The number of aromatic nitrogens is 4. The number of fused-ring (bicyclic) bond motifs is 3. The Labute approximate surface area is 155 Å². The Morgan fingerprint density at radius 3 is 2.81 bits per heavy atom. The van der Waals surface area contributed by atoms with Gasteiger partial charge in [0.25, 0.3) is 5.56 Å². The van der Waals surface area contributed by atoms with Crippen LogP contribution in [0.3, 0.4) is 0 Å². The van der Waals surface area contributed by atoms with Crippen LogP contribution in [0.4, 0.5) is 5.69 Å². The third-order valence-electron chi connectivity index (χ3n) is 6.10. The Kier molecular flexibility index (Phi) is 3.81. The average Bonchev–Trinajstić information content (AvgIpc) is 3.38. The minimum Gasteiger partial charge on any atom is -0.326 e. The first-order chi connectivity index (χ1) is 13.2. The summed E-state index contributed by atoms with van der Waals surface area (Å²) in [5.41, 5.74) is 1.85. The van der Waals surface area contributed by atoms with Gasteiger partial charge in [-0.1, -0.05) is 6.42 Å². The molecular weight excluding hydrogens is 342 g/mol. The predicted molar refractivity (Wildman–Crippen MR) is 102 cm³/mol. The fourth-order valence-corrected chi connectivity index (χ4v) is 4.81. The van der Waals surface area contributed by atoms with Gasteiger partial charge < -0.3 is 10.3 Å². The number of benzene rings is 1. The topological polar surface area (TPSA) is 92.7 Å². The molecule has 27 heavy (non-hydrogen) atoms. The molecule has 2 N–H and O–H groups in total. The van der Waals surface area contributed by atoms with E-state index >= 15 is 0 Å². The molecule has 0 saturated heterocycles. The fraction of sp³-hybridized carbons (Fsp3) is 0.400. The molecule has 2 bridgehead atoms. The van der Waals surface area contributed by atoms with Gasteiger partial charge in [-0.2, -0.15) is 5.10 Å². The van der Waals surface area contributed by atoms with Gasteiger partial charge >= 0.3 is 0 Å². The molecule has 0 radical (unpaired) electrons. The highest BCUT2D eigenvalue weighted by molar-refractivity contribution is 5.91. The van der Waals surface area contributed by atoms with Crippen LogP contribution in [0.1, 0.15) is 32.1 Å². The lowest BCUT2D eigenvalue weighted by Gasteiger charge is -2.20. The highest BCUT2D eigenvalue weighted by atomic mass is 16.1. The summed E-state index contributed by atoms with van der Waals surface area (Å²) in [6, 6.07) is 7.44. The molecule has 7 heteroatoms. The van der Waals surface area contributed by atoms with Crippen LogP contribution in [0.5, 0.6) is 0 Å². The maximum Gasteiger partial charge on any atom is 0.261 e. The molecule has 3 aromatic rings. The summed E-state index contributed by atoms with van der Waals surface area (Å²) in [6.07, 6.45) is 8.69. The third kappa shape index (κ3) is 2.93. The molecule has 0 aliphatic heterocycles. The van der Waals surface area contributed by atoms with E-state index in [0.717, 1.165) is 23.2 Å². The van der Waals surface area contributed by atoms with E-state index in [-0.39, 0.29) is 11.5 Å². The van der Waals surface area contributed by atoms with Crippen LogP contribution in [-0.2, 0) is 4.79 Å². The van der Waals surface area contributed by atoms with Crippen molar-refractivity contribution in [2.75, 3.05) is 5.32 Å². The molecular formula is C20H21N5O2. The molecule has 0 unspecified atom stereocenters. The molecule has 138 valence electrons. The number of nitrogens with zero attached hydrogens (tertiary/aromatic N) is 3. The van der Waals surface area contributed by atoms with Crippen LogP contribution in [0.25, 0.3) is 16.7 Å². The van der Waals surface area contributed by atoms with E-state index in [2.05, 4.69) is 20.4 Å². The molecule has 1 amide bonds. The van der Waals surface area contributed by atoms with E-state index in [0.29, 0.717) is 23.4 Å². The van der Waals surface area contributed by atoms with Crippen LogP contribution < -0.4 is 10.9 Å². The molecule has 5 rings (SSSR count). The second-order valence-corrected chi connectivity index (χ2v) is 7.76. The summed E-state index contributed by atoms with van der Waals surface area (Å²) >= 11 is 0. The second kappa shape index (κ2) is 6.33. The summed E-state index contributed by atoms with van der Waals surface area (Å²) in [7, 11) is 0. The zero-order chi connectivity index (χ0) is 18.4. The van der Waals surface area contributed by atoms with Crippen LogP contribution >= 0.6 is 0 Å². The molecule has 0 spiro atoms. The minimum absolute atomic E-state index is 0.0954. The maximum absolute atomic E-state index is 12.4. The van der Waals surface area contributed by atoms with E-state index in [9.17, 15) is 9.59 Å². The van der Waals surface area contributed by atoms with Gasteiger partial charge in [-0.3, -0.25) is 9.59 Å². The lowest BCUT2D eigenvalue weighted by molar-refractivity contribution is -0.117. The van der Waals surface area contributed by atoms with Crippen molar-refractivity contribution in [1.29, 1.82) is 0 Å². The van der Waals surface area contributed by atoms with Crippen molar-refractivity contribution in [1.82, 2.24) is 19.7 Å². The zero-order valence-corrected chi connectivity index (χ0v) is 14.9. The normalized spacial score (nSPS) is 23.8. The first-order valence-corrected chi connectivity index (χ1v) is 9.49. The van der Waals surface area contributed by atoms with Crippen molar-refractivity contribution in [2.24, 2.45) is 17.8 Å². The van der Waals surface area contributed by atoms with Crippen LogP contribution in [-0.4, -0.2) is 25.7 Å². The van der Waals surface area contributed by atoms with E-state index in [1.807, 2.05) is 24.3 Å². The number of rotatable bonds is 4. The minimum atomic E-state index is -0.212. The number of nitrogens with one attached hydrogen (secondary N) is 2.